The Kier molecular flexibility index (Phi) is 3.52. The van der Waals surface area contributed by atoms with Gasteiger partial charge in [0.25, 0.3) is 0 Å². The molecule has 3 aromatic rings. The molecule has 0 aliphatic heterocycles. The highest BCUT2D eigenvalue weighted by atomic mass is 16.4. The van der Waals surface area contributed by atoms with Gasteiger partial charge in [-0.2, -0.15) is 0 Å². The van der Waals surface area contributed by atoms with Crippen molar-refractivity contribution in [2.75, 3.05) is 6.54 Å². The van der Waals surface area contributed by atoms with Crippen molar-refractivity contribution in [1.29, 1.82) is 0 Å². The third-order valence-corrected chi connectivity index (χ3v) is 3.31. The van der Waals surface area contributed by atoms with Crippen LogP contribution in [0.2, 0.25) is 0 Å². The Hall–Kier alpha value is -2.14. The number of fused-ring (bicyclic) bond motifs is 1. The molecule has 2 heterocycles. The molecule has 5 nitrogen and oxygen atoms in total. The van der Waals surface area contributed by atoms with E-state index >= 15 is 0 Å². The highest BCUT2D eigenvalue weighted by Crippen LogP contribution is 2.22. The molecule has 0 saturated carbocycles. The molecule has 0 aliphatic rings. The van der Waals surface area contributed by atoms with Crippen molar-refractivity contribution >= 4 is 10.9 Å². The Morgan fingerprint density at radius 2 is 2.10 bits per heavy atom. The number of aromatic nitrogens is 3. The van der Waals surface area contributed by atoms with E-state index in [1.807, 2.05) is 0 Å². The molecule has 0 aliphatic carbocycles. The molecule has 0 saturated heterocycles. The summed E-state index contributed by atoms with van der Waals surface area (Å²) in [5.74, 6) is 1.24. The third-order valence-electron chi connectivity index (χ3n) is 3.31. The number of benzene rings is 1. The van der Waals surface area contributed by atoms with Gasteiger partial charge < -0.3 is 14.3 Å². The Labute approximate surface area is 117 Å². The van der Waals surface area contributed by atoms with Gasteiger partial charge in [-0.25, -0.2) is 0 Å². The zero-order valence-corrected chi connectivity index (χ0v) is 11.8. The number of nitrogens with one attached hydrogen (secondary N) is 1. The maximum atomic E-state index is 5.47. The van der Waals surface area contributed by atoms with Gasteiger partial charge in [0, 0.05) is 30.6 Å². The Balaban J connectivity index is 1.97. The van der Waals surface area contributed by atoms with Gasteiger partial charge in [-0.05, 0) is 18.2 Å². The number of aryl methyl sites for hydroxylation is 1. The molecule has 0 atom stereocenters. The van der Waals surface area contributed by atoms with Crippen molar-refractivity contribution in [2.24, 2.45) is 0 Å². The summed E-state index contributed by atoms with van der Waals surface area (Å²) in [6.07, 6.45) is 2.16. The zero-order chi connectivity index (χ0) is 13.9. The number of rotatable bonds is 5. The number of hydrogen-bond acceptors (Lipinski definition) is 4. The minimum absolute atomic E-state index is 0.601. The molecule has 0 fully saturated rings. The van der Waals surface area contributed by atoms with Gasteiger partial charge in [-0.15, -0.1) is 10.2 Å². The summed E-state index contributed by atoms with van der Waals surface area (Å²) in [5, 5.41) is 12.6. The number of hydrogen-bond donors (Lipinski definition) is 1. The van der Waals surface area contributed by atoms with Crippen LogP contribution in [0.15, 0.2) is 34.9 Å². The zero-order valence-electron chi connectivity index (χ0n) is 11.8. The van der Waals surface area contributed by atoms with Gasteiger partial charge in [0.05, 0.1) is 0 Å². The molecule has 1 N–H and O–H groups in total. The van der Waals surface area contributed by atoms with E-state index in [1.54, 1.807) is 6.92 Å². The number of nitrogens with zero attached hydrogens (tertiary/aromatic N) is 3. The van der Waals surface area contributed by atoms with Crippen molar-refractivity contribution in [3.05, 3.63) is 47.8 Å². The monoisotopic (exact) mass is 270 g/mol. The highest BCUT2D eigenvalue weighted by molar-refractivity contribution is 5.84. The first-order valence-corrected chi connectivity index (χ1v) is 6.84. The molecule has 0 radical (unpaired) electrons. The van der Waals surface area contributed by atoms with Crippen molar-refractivity contribution in [3.63, 3.8) is 0 Å². The summed E-state index contributed by atoms with van der Waals surface area (Å²) >= 11 is 0. The average Bonchev–Trinajstić information content (AvgIpc) is 3.02. The van der Waals surface area contributed by atoms with Crippen LogP contribution in [0.25, 0.3) is 10.9 Å². The molecule has 20 heavy (non-hydrogen) atoms. The van der Waals surface area contributed by atoms with E-state index in [0.717, 1.165) is 13.1 Å². The molecule has 0 bridgehead atoms. The normalized spacial score (nSPS) is 11.3. The predicted octanol–water partition coefficient (Wildman–Crippen LogP) is 2.49. The van der Waals surface area contributed by atoms with Crippen LogP contribution in [-0.2, 0) is 13.1 Å². The summed E-state index contributed by atoms with van der Waals surface area (Å²) in [6.45, 7) is 6.35. The van der Waals surface area contributed by atoms with Crippen LogP contribution in [0.4, 0.5) is 0 Å². The first-order chi connectivity index (χ1) is 9.78. The lowest BCUT2D eigenvalue weighted by atomic mass is 10.2. The van der Waals surface area contributed by atoms with Gasteiger partial charge >= 0.3 is 0 Å². The van der Waals surface area contributed by atoms with Crippen molar-refractivity contribution in [1.82, 2.24) is 20.1 Å². The minimum Gasteiger partial charge on any atom is -0.424 e. The summed E-state index contributed by atoms with van der Waals surface area (Å²) in [7, 11) is 0. The number of para-hydroxylation sites is 1. The molecule has 5 heteroatoms. The summed E-state index contributed by atoms with van der Waals surface area (Å²) < 4.78 is 7.63. The van der Waals surface area contributed by atoms with E-state index in [9.17, 15) is 0 Å². The second-order valence-electron chi connectivity index (χ2n) is 4.79. The maximum absolute atomic E-state index is 5.47. The Morgan fingerprint density at radius 3 is 2.85 bits per heavy atom. The van der Waals surface area contributed by atoms with Crippen LogP contribution in [0.1, 0.15) is 24.3 Å². The van der Waals surface area contributed by atoms with E-state index < -0.39 is 0 Å². The first-order valence-electron chi connectivity index (χ1n) is 6.84. The largest absolute Gasteiger partial charge is 0.424 e. The second-order valence-corrected chi connectivity index (χ2v) is 4.79. The lowest BCUT2D eigenvalue weighted by Gasteiger charge is -2.00. The van der Waals surface area contributed by atoms with E-state index in [0.29, 0.717) is 18.3 Å². The molecule has 1 aromatic carbocycles. The SMILES string of the molecule is CCNCc1cn(Cc2nnc(C)o2)c2ccccc12. The maximum Gasteiger partial charge on any atom is 0.236 e. The highest BCUT2D eigenvalue weighted by Gasteiger charge is 2.10. The van der Waals surface area contributed by atoms with E-state index in [2.05, 4.69) is 57.5 Å². The first kappa shape index (κ1) is 12.9. The lowest BCUT2D eigenvalue weighted by Crippen LogP contribution is -2.11. The molecular weight excluding hydrogens is 252 g/mol. The molecule has 3 rings (SSSR count). The molecule has 0 amide bonds. The van der Waals surface area contributed by atoms with Crippen LogP contribution in [0.5, 0.6) is 0 Å². The second kappa shape index (κ2) is 5.46. The van der Waals surface area contributed by atoms with Crippen molar-refractivity contribution < 1.29 is 4.42 Å². The predicted molar refractivity (Wildman–Crippen MR) is 77.5 cm³/mol. The third kappa shape index (κ3) is 2.44. The lowest BCUT2D eigenvalue weighted by molar-refractivity contribution is 0.457. The molecule has 0 unspecified atom stereocenters. The van der Waals surface area contributed by atoms with E-state index in [4.69, 9.17) is 4.42 Å². The Morgan fingerprint density at radius 1 is 1.25 bits per heavy atom. The molecule has 104 valence electrons. The van der Waals surface area contributed by atoms with Crippen molar-refractivity contribution in [3.8, 4) is 0 Å². The summed E-state index contributed by atoms with van der Waals surface area (Å²) in [4.78, 5) is 0. The van der Waals surface area contributed by atoms with Crippen LogP contribution in [0, 0.1) is 6.92 Å². The van der Waals surface area contributed by atoms with E-state index in [-0.39, 0.29) is 0 Å². The quantitative estimate of drug-likeness (QED) is 0.774. The van der Waals surface area contributed by atoms with Gasteiger partial charge in [0.15, 0.2) is 0 Å². The van der Waals surface area contributed by atoms with Gasteiger partial charge in [-0.1, -0.05) is 25.1 Å². The van der Waals surface area contributed by atoms with Gasteiger partial charge in [0.1, 0.15) is 6.54 Å². The average molecular weight is 270 g/mol. The summed E-state index contributed by atoms with van der Waals surface area (Å²) in [6, 6.07) is 8.39. The van der Waals surface area contributed by atoms with Crippen molar-refractivity contribution in [2.45, 2.75) is 26.9 Å². The van der Waals surface area contributed by atoms with Gasteiger partial charge in [-0.3, -0.25) is 0 Å². The standard InChI is InChI=1S/C15H18N4O/c1-3-16-8-12-9-19(10-15-18-17-11(2)20-15)14-7-5-4-6-13(12)14/h4-7,9,16H,3,8,10H2,1-2H3. The van der Waals surface area contributed by atoms with Crippen LogP contribution in [0.3, 0.4) is 0 Å². The van der Waals surface area contributed by atoms with E-state index in [1.165, 1.54) is 16.5 Å². The fourth-order valence-corrected chi connectivity index (χ4v) is 2.40. The van der Waals surface area contributed by atoms with Crippen LogP contribution in [-0.4, -0.2) is 21.3 Å². The minimum atomic E-state index is 0.601. The fraction of sp³-hybridized carbons (Fsp3) is 0.333. The molecule has 2 aromatic heterocycles. The smallest absolute Gasteiger partial charge is 0.236 e. The summed E-state index contributed by atoms with van der Waals surface area (Å²) in [5.41, 5.74) is 2.48. The molecular formula is C15H18N4O. The molecule has 0 spiro atoms. The van der Waals surface area contributed by atoms with Crippen LogP contribution >= 0.6 is 0 Å². The van der Waals surface area contributed by atoms with Crippen LogP contribution < -0.4 is 5.32 Å². The fourth-order valence-electron chi connectivity index (χ4n) is 2.40. The Bertz CT molecular complexity index is 714. The van der Waals surface area contributed by atoms with Gasteiger partial charge in [0.2, 0.25) is 11.8 Å². The topological polar surface area (TPSA) is 55.9 Å².